The van der Waals surface area contributed by atoms with Crippen molar-refractivity contribution in [3.63, 3.8) is 0 Å². The Labute approximate surface area is 63.1 Å². The second-order valence-electron chi connectivity index (χ2n) is 1.64. The van der Waals surface area contributed by atoms with Gasteiger partial charge in [0.1, 0.15) is 0 Å². The van der Waals surface area contributed by atoms with E-state index in [0.29, 0.717) is 0 Å². The fraction of sp³-hybridized carbons (Fsp3) is 0.571. The largest absolute Gasteiger partial charge is 0.187 e. The smallest absolute Gasteiger partial charge is 0.103 e. The van der Waals surface area contributed by atoms with Crippen molar-refractivity contribution in [2.45, 2.75) is 25.7 Å². The molecule has 0 aromatic rings. The Hall–Kier alpha value is 0.272. The highest BCUT2D eigenvalue weighted by Gasteiger charge is 1.77. The lowest BCUT2D eigenvalue weighted by Crippen LogP contribution is -1.68. The summed E-state index contributed by atoms with van der Waals surface area (Å²) in [7, 11) is 0. The van der Waals surface area contributed by atoms with Crippen molar-refractivity contribution < 1.29 is 0 Å². The molecule has 47 valence electrons. The number of rotatable bonds is 4. The summed E-state index contributed by atoms with van der Waals surface area (Å²) >= 11 is 0. The van der Waals surface area contributed by atoms with E-state index in [1.165, 1.54) is 12.8 Å². The van der Waals surface area contributed by atoms with Crippen molar-refractivity contribution in [1.82, 2.24) is 0 Å². The minimum absolute atomic E-state index is 0. The lowest BCUT2D eigenvalue weighted by atomic mass is 10.2. The second-order valence-corrected chi connectivity index (χ2v) is 1.64. The van der Waals surface area contributed by atoms with E-state index in [1.807, 2.05) is 6.08 Å². The van der Waals surface area contributed by atoms with Crippen molar-refractivity contribution in [3.05, 3.63) is 19.6 Å². The number of hydrogen-bond donors (Lipinski definition) is 0. The standard InChI is InChI=1S/C7H13.Al.3H/c1-3-5-7-6-4-2;;;;/h3H,1-2,4-7H2;;;;. The number of unbranched alkanes of at least 4 members (excludes halogenated alkanes) is 3. The van der Waals surface area contributed by atoms with Crippen LogP contribution in [0.1, 0.15) is 25.7 Å². The molecule has 0 unspecified atom stereocenters. The van der Waals surface area contributed by atoms with E-state index in [9.17, 15) is 0 Å². The van der Waals surface area contributed by atoms with Gasteiger partial charge in [0, 0.05) is 0 Å². The van der Waals surface area contributed by atoms with Gasteiger partial charge < -0.3 is 0 Å². The maximum Gasteiger partial charge on any atom is 0.187 e. The van der Waals surface area contributed by atoms with Crippen LogP contribution in [0.15, 0.2) is 12.7 Å². The predicted octanol–water partition coefficient (Wildman–Crippen LogP) is 1.38. The van der Waals surface area contributed by atoms with Gasteiger partial charge in [0.15, 0.2) is 17.4 Å². The molecule has 0 aromatic carbocycles. The van der Waals surface area contributed by atoms with Crippen LogP contribution >= 0.6 is 0 Å². The van der Waals surface area contributed by atoms with E-state index in [4.69, 9.17) is 0 Å². The van der Waals surface area contributed by atoms with Gasteiger partial charge in [-0.3, -0.25) is 0 Å². The first-order valence-electron chi connectivity index (χ1n) is 2.82. The highest BCUT2D eigenvalue weighted by molar-refractivity contribution is 5.75. The maximum atomic E-state index is 3.72. The molecule has 0 saturated heterocycles. The van der Waals surface area contributed by atoms with Gasteiger partial charge in [-0.05, 0) is 12.8 Å². The van der Waals surface area contributed by atoms with Crippen LogP contribution in [0.4, 0.5) is 0 Å². The molecule has 0 aromatic heterocycles. The average molecular weight is 127 g/mol. The lowest BCUT2D eigenvalue weighted by Gasteiger charge is -1.87. The van der Waals surface area contributed by atoms with Crippen LogP contribution in [0.3, 0.4) is 0 Å². The molecular weight excluding hydrogens is 111 g/mol. The first kappa shape index (κ1) is 11.1. The minimum atomic E-state index is 0. The molecule has 0 spiro atoms. The van der Waals surface area contributed by atoms with E-state index in [1.54, 1.807) is 0 Å². The van der Waals surface area contributed by atoms with E-state index < -0.39 is 0 Å². The fourth-order valence-corrected chi connectivity index (χ4v) is 0.465. The Balaban J connectivity index is 0. The second kappa shape index (κ2) is 10.3. The Bertz CT molecular complexity index is 41.7. The van der Waals surface area contributed by atoms with Crippen molar-refractivity contribution in [2.24, 2.45) is 0 Å². The summed E-state index contributed by atoms with van der Waals surface area (Å²) in [5, 5.41) is 0. The van der Waals surface area contributed by atoms with Gasteiger partial charge in [0.05, 0.1) is 0 Å². The molecule has 0 N–H and O–H groups in total. The van der Waals surface area contributed by atoms with Crippen LogP contribution in [0, 0.1) is 6.92 Å². The molecule has 0 aliphatic carbocycles. The van der Waals surface area contributed by atoms with Crippen LogP contribution in [-0.2, 0) is 0 Å². The summed E-state index contributed by atoms with van der Waals surface area (Å²) in [6.45, 7) is 7.34. The summed E-state index contributed by atoms with van der Waals surface area (Å²) < 4.78 is 0. The zero-order valence-electron chi connectivity index (χ0n) is 4.82. The zero-order chi connectivity index (χ0) is 5.54. The molecule has 8 heavy (non-hydrogen) atoms. The topological polar surface area (TPSA) is 0 Å². The maximum absolute atomic E-state index is 3.72. The first-order chi connectivity index (χ1) is 3.41. The minimum Gasteiger partial charge on any atom is -0.103 e. The van der Waals surface area contributed by atoms with E-state index in [2.05, 4.69) is 13.5 Å². The predicted molar refractivity (Wildman–Crippen MR) is 44.0 cm³/mol. The van der Waals surface area contributed by atoms with Crippen molar-refractivity contribution in [3.8, 4) is 0 Å². The summed E-state index contributed by atoms with van der Waals surface area (Å²) in [6, 6.07) is 0. The molecule has 0 aliphatic rings. The molecule has 0 fully saturated rings. The molecular formula is C7H16Al. The lowest BCUT2D eigenvalue weighted by molar-refractivity contribution is 0.761. The Morgan fingerprint density at radius 2 is 1.88 bits per heavy atom. The molecule has 0 aliphatic heterocycles. The van der Waals surface area contributed by atoms with Crippen LogP contribution in [0.5, 0.6) is 0 Å². The molecule has 0 rings (SSSR count). The molecule has 0 saturated carbocycles. The molecule has 0 nitrogen and oxygen atoms in total. The van der Waals surface area contributed by atoms with Crippen molar-refractivity contribution >= 4 is 17.4 Å². The van der Waals surface area contributed by atoms with E-state index >= 15 is 0 Å². The van der Waals surface area contributed by atoms with Crippen molar-refractivity contribution in [2.75, 3.05) is 0 Å². The van der Waals surface area contributed by atoms with Gasteiger partial charge in [0.2, 0.25) is 0 Å². The average Bonchev–Trinajstić information content (AvgIpc) is 1.69. The van der Waals surface area contributed by atoms with Crippen LogP contribution < -0.4 is 0 Å². The Morgan fingerprint density at radius 1 is 1.25 bits per heavy atom. The SMILES string of the molecule is [AlH3].[CH2]CCCCC=C. The van der Waals surface area contributed by atoms with Gasteiger partial charge in [-0.1, -0.05) is 25.8 Å². The van der Waals surface area contributed by atoms with E-state index in [-0.39, 0.29) is 17.4 Å². The fourth-order valence-electron chi connectivity index (χ4n) is 0.465. The van der Waals surface area contributed by atoms with Gasteiger partial charge in [-0.25, -0.2) is 0 Å². The Kier molecular flexibility index (Phi) is 14.3. The quantitative estimate of drug-likeness (QED) is 0.304. The Morgan fingerprint density at radius 3 is 2.25 bits per heavy atom. The van der Waals surface area contributed by atoms with Crippen LogP contribution in [-0.4, -0.2) is 17.4 Å². The molecule has 0 bridgehead atoms. The highest BCUT2D eigenvalue weighted by atomic mass is 27.0. The summed E-state index contributed by atoms with van der Waals surface area (Å²) in [5.74, 6) is 0. The van der Waals surface area contributed by atoms with Gasteiger partial charge >= 0.3 is 0 Å². The van der Waals surface area contributed by atoms with Crippen LogP contribution in [0.25, 0.3) is 0 Å². The molecule has 0 heterocycles. The number of allylic oxidation sites excluding steroid dienone is 1. The van der Waals surface area contributed by atoms with E-state index in [0.717, 1.165) is 12.8 Å². The zero-order valence-corrected chi connectivity index (χ0v) is 4.82. The van der Waals surface area contributed by atoms with Crippen molar-refractivity contribution in [1.29, 1.82) is 0 Å². The normalized spacial score (nSPS) is 7.62. The third-order valence-corrected chi connectivity index (χ3v) is 0.908. The molecule has 1 heteroatoms. The molecule has 0 atom stereocenters. The van der Waals surface area contributed by atoms with Crippen LogP contribution in [0.2, 0.25) is 0 Å². The molecule has 1 radical (unpaired) electrons. The van der Waals surface area contributed by atoms with Gasteiger partial charge in [-0.2, -0.15) is 0 Å². The third kappa shape index (κ3) is 9.55. The monoisotopic (exact) mass is 127 g/mol. The molecule has 0 amide bonds. The summed E-state index contributed by atoms with van der Waals surface area (Å²) in [6.07, 6.45) is 6.66. The third-order valence-electron chi connectivity index (χ3n) is 0.908. The van der Waals surface area contributed by atoms with Gasteiger partial charge in [0.25, 0.3) is 0 Å². The summed E-state index contributed by atoms with van der Waals surface area (Å²) in [4.78, 5) is 0. The highest BCUT2D eigenvalue weighted by Crippen LogP contribution is 1.97. The number of hydrogen-bond acceptors (Lipinski definition) is 0. The summed E-state index contributed by atoms with van der Waals surface area (Å²) in [5.41, 5.74) is 0. The first-order valence-corrected chi connectivity index (χ1v) is 2.82. The van der Waals surface area contributed by atoms with Gasteiger partial charge in [-0.15, -0.1) is 6.58 Å².